The zero-order valence-corrected chi connectivity index (χ0v) is 12.8. The Morgan fingerprint density at radius 3 is 3.00 bits per heavy atom. The number of thioether (sulfide) groups is 1. The summed E-state index contributed by atoms with van der Waals surface area (Å²) in [6.07, 6.45) is 3.10. The molecule has 0 aliphatic carbocycles. The van der Waals surface area contributed by atoms with Gasteiger partial charge < -0.3 is 10.3 Å². The van der Waals surface area contributed by atoms with Gasteiger partial charge in [0.25, 0.3) is 0 Å². The number of aryl methyl sites for hydroxylation is 1. The number of aromatic nitrogens is 2. The van der Waals surface area contributed by atoms with Crippen LogP contribution in [0.25, 0.3) is 0 Å². The Hall–Kier alpha value is -1.33. The van der Waals surface area contributed by atoms with Crippen molar-refractivity contribution < 1.29 is 4.52 Å². The molecule has 4 nitrogen and oxygen atoms in total. The van der Waals surface area contributed by atoms with Gasteiger partial charge in [-0.15, -0.1) is 11.8 Å². The molecule has 2 N–H and O–H groups in total. The van der Waals surface area contributed by atoms with E-state index in [1.165, 1.54) is 10.5 Å². The van der Waals surface area contributed by atoms with Crippen molar-refractivity contribution in [1.29, 1.82) is 0 Å². The molecule has 0 amide bonds. The molecule has 0 aliphatic heterocycles. The van der Waals surface area contributed by atoms with Crippen molar-refractivity contribution >= 4 is 11.8 Å². The predicted molar refractivity (Wildman–Crippen MR) is 81.5 cm³/mol. The van der Waals surface area contributed by atoms with E-state index in [0.717, 1.165) is 19.3 Å². The van der Waals surface area contributed by atoms with Crippen LogP contribution in [0.5, 0.6) is 0 Å². The first-order valence-electron chi connectivity index (χ1n) is 6.96. The second-order valence-electron chi connectivity index (χ2n) is 4.90. The lowest BCUT2D eigenvalue weighted by Crippen LogP contribution is -2.10. The number of hydrogen-bond donors (Lipinski definition) is 1. The molecule has 2 aromatic rings. The van der Waals surface area contributed by atoms with Crippen molar-refractivity contribution in [2.45, 2.75) is 49.8 Å². The van der Waals surface area contributed by atoms with Crippen molar-refractivity contribution in [3.63, 3.8) is 0 Å². The fraction of sp³-hybridized carbons (Fsp3) is 0.467. The summed E-state index contributed by atoms with van der Waals surface area (Å²) in [6.45, 7) is 4.23. The van der Waals surface area contributed by atoms with Crippen molar-refractivity contribution in [1.82, 2.24) is 10.1 Å². The van der Waals surface area contributed by atoms with Crippen LogP contribution in [-0.4, -0.2) is 10.1 Å². The standard InChI is InChI=1S/C15H21N3OS/c1-3-4-8-13(16)15-17-14(18-19-15)10-20-12-7-5-6-11(2)9-12/h5-7,9,13H,3-4,8,10,16H2,1-2H3. The van der Waals surface area contributed by atoms with Crippen molar-refractivity contribution in [3.8, 4) is 0 Å². The minimum absolute atomic E-state index is 0.139. The van der Waals surface area contributed by atoms with Crippen LogP contribution in [0, 0.1) is 6.92 Å². The summed E-state index contributed by atoms with van der Waals surface area (Å²) >= 11 is 1.70. The molecule has 2 rings (SSSR count). The first-order chi connectivity index (χ1) is 9.69. The Morgan fingerprint density at radius 2 is 2.25 bits per heavy atom. The second kappa shape index (κ2) is 7.45. The topological polar surface area (TPSA) is 64.9 Å². The van der Waals surface area contributed by atoms with Gasteiger partial charge in [0.2, 0.25) is 5.89 Å². The van der Waals surface area contributed by atoms with Crippen LogP contribution in [0.4, 0.5) is 0 Å². The molecule has 0 radical (unpaired) electrons. The summed E-state index contributed by atoms with van der Waals surface area (Å²) in [6, 6.07) is 8.24. The van der Waals surface area contributed by atoms with E-state index in [0.29, 0.717) is 17.5 Å². The minimum atomic E-state index is -0.139. The van der Waals surface area contributed by atoms with Crippen LogP contribution in [-0.2, 0) is 5.75 Å². The van der Waals surface area contributed by atoms with E-state index in [-0.39, 0.29) is 6.04 Å². The highest BCUT2D eigenvalue weighted by molar-refractivity contribution is 7.98. The molecule has 0 spiro atoms. The van der Waals surface area contributed by atoms with E-state index in [1.54, 1.807) is 11.8 Å². The van der Waals surface area contributed by atoms with Crippen LogP contribution >= 0.6 is 11.8 Å². The average Bonchev–Trinajstić information content (AvgIpc) is 2.91. The number of rotatable bonds is 7. The molecule has 20 heavy (non-hydrogen) atoms. The number of hydrogen-bond acceptors (Lipinski definition) is 5. The van der Waals surface area contributed by atoms with Gasteiger partial charge in [0.15, 0.2) is 5.82 Å². The summed E-state index contributed by atoms with van der Waals surface area (Å²) in [5.41, 5.74) is 7.27. The molecule has 0 bridgehead atoms. The fourth-order valence-electron chi connectivity index (χ4n) is 1.88. The lowest BCUT2D eigenvalue weighted by atomic mass is 10.1. The van der Waals surface area contributed by atoms with Gasteiger partial charge in [0.1, 0.15) is 0 Å². The van der Waals surface area contributed by atoms with Crippen molar-refractivity contribution in [3.05, 3.63) is 41.5 Å². The highest BCUT2D eigenvalue weighted by Crippen LogP contribution is 2.23. The molecule has 0 saturated carbocycles. The summed E-state index contributed by atoms with van der Waals surface area (Å²) in [5, 5.41) is 4.00. The highest BCUT2D eigenvalue weighted by atomic mass is 32.2. The number of unbranched alkanes of at least 4 members (excludes halogenated alkanes) is 1. The fourth-order valence-corrected chi connectivity index (χ4v) is 2.73. The monoisotopic (exact) mass is 291 g/mol. The maximum atomic E-state index is 6.02. The van der Waals surface area contributed by atoms with Crippen LogP contribution in [0.15, 0.2) is 33.7 Å². The Morgan fingerprint density at radius 1 is 1.40 bits per heavy atom. The SMILES string of the molecule is CCCCC(N)c1nc(CSc2cccc(C)c2)no1. The van der Waals surface area contributed by atoms with E-state index < -0.39 is 0 Å². The summed E-state index contributed by atoms with van der Waals surface area (Å²) < 4.78 is 5.24. The third-order valence-electron chi connectivity index (χ3n) is 3.03. The van der Waals surface area contributed by atoms with Gasteiger partial charge >= 0.3 is 0 Å². The average molecular weight is 291 g/mol. The first-order valence-corrected chi connectivity index (χ1v) is 7.95. The van der Waals surface area contributed by atoms with E-state index in [4.69, 9.17) is 10.3 Å². The smallest absolute Gasteiger partial charge is 0.243 e. The van der Waals surface area contributed by atoms with Crippen LogP contribution in [0.3, 0.4) is 0 Å². The Labute approximate surface area is 124 Å². The van der Waals surface area contributed by atoms with E-state index in [9.17, 15) is 0 Å². The van der Waals surface area contributed by atoms with Crippen molar-refractivity contribution in [2.24, 2.45) is 5.73 Å². The molecule has 1 atom stereocenters. The lowest BCUT2D eigenvalue weighted by Gasteiger charge is -2.03. The van der Waals surface area contributed by atoms with Gasteiger partial charge in [0.05, 0.1) is 11.8 Å². The number of benzene rings is 1. The molecule has 0 fully saturated rings. The van der Waals surface area contributed by atoms with Crippen LogP contribution in [0.1, 0.15) is 49.5 Å². The first kappa shape index (κ1) is 15.1. The van der Waals surface area contributed by atoms with Gasteiger partial charge in [0, 0.05) is 4.90 Å². The largest absolute Gasteiger partial charge is 0.338 e. The molecule has 0 aliphatic rings. The maximum Gasteiger partial charge on any atom is 0.243 e. The Balaban J connectivity index is 1.89. The zero-order chi connectivity index (χ0) is 14.4. The third kappa shape index (κ3) is 4.35. The van der Waals surface area contributed by atoms with Gasteiger partial charge in [-0.2, -0.15) is 4.98 Å². The molecule has 1 unspecified atom stereocenters. The van der Waals surface area contributed by atoms with Crippen molar-refractivity contribution in [2.75, 3.05) is 0 Å². The molecule has 1 aromatic carbocycles. The quantitative estimate of drug-likeness (QED) is 0.785. The number of nitrogens with two attached hydrogens (primary N) is 1. The summed E-state index contributed by atoms with van der Waals surface area (Å²) in [4.78, 5) is 5.59. The molecule has 1 heterocycles. The van der Waals surface area contributed by atoms with Gasteiger partial charge in [-0.05, 0) is 25.5 Å². The second-order valence-corrected chi connectivity index (χ2v) is 5.95. The molecular formula is C15H21N3OS. The van der Waals surface area contributed by atoms with Gasteiger partial charge in [-0.1, -0.05) is 42.6 Å². The Bertz CT molecular complexity index is 541. The lowest BCUT2D eigenvalue weighted by molar-refractivity contribution is 0.343. The summed E-state index contributed by atoms with van der Waals surface area (Å²) in [7, 11) is 0. The van der Waals surface area contributed by atoms with Gasteiger partial charge in [-0.3, -0.25) is 0 Å². The third-order valence-corrected chi connectivity index (χ3v) is 4.02. The van der Waals surface area contributed by atoms with Gasteiger partial charge in [-0.25, -0.2) is 0 Å². The van der Waals surface area contributed by atoms with Crippen LogP contribution in [0.2, 0.25) is 0 Å². The molecule has 5 heteroatoms. The Kier molecular flexibility index (Phi) is 5.61. The predicted octanol–water partition coefficient (Wildman–Crippen LogP) is 3.86. The normalized spacial score (nSPS) is 12.6. The highest BCUT2D eigenvalue weighted by Gasteiger charge is 2.14. The number of nitrogens with zero attached hydrogens (tertiary/aromatic N) is 2. The van der Waals surface area contributed by atoms with Crippen LogP contribution < -0.4 is 5.73 Å². The molecule has 0 saturated heterocycles. The maximum absolute atomic E-state index is 6.02. The van der Waals surface area contributed by atoms with E-state index in [2.05, 4.69) is 48.3 Å². The summed E-state index contributed by atoms with van der Waals surface area (Å²) in [5.74, 6) is 1.96. The molecule has 108 valence electrons. The van der Waals surface area contributed by atoms with E-state index >= 15 is 0 Å². The van der Waals surface area contributed by atoms with E-state index in [1.807, 2.05) is 0 Å². The minimum Gasteiger partial charge on any atom is -0.338 e. The molecular weight excluding hydrogens is 270 g/mol. The molecule has 1 aromatic heterocycles. The zero-order valence-electron chi connectivity index (χ0n) is 12.0.